The number of imidazole rings is 1. The third-order valence-electron chi connectivity index (χ3n) is 1.68. The van der Waals surface area contributed by atoms with E-state index >= 15 is 0 Å². The summed E-state index contributed by atoms with van der Waals surface area (Å²) >= 11 is 1.46. The van der Waals surface area contributed by atoms with Gasteiger partial charge in [0.15, 0.2) is 0 Å². The number of carbonyl (C=O) groups is 1. The Hall–Kier alpha value is -1.49. The summed E-state index contributed by atoms with van der Waals surface area (Å²) in [4.78, 5) is 18.8. The van der Waals surface area contributed by atoms with Gasteiger partial charge in [-0.25, -0.2) is 9.97 Å². The van der Waals surface area contributed by atoms with Crippen molar-refractivity contribution in [3.05, 3.63) is 35.3 Å². The quantitative estimate of drug-likeness (QED) is 0.686. The molecule has 0 aliphatic heterocycles. The molecule has 0 aliphatic carbocycles. The zero-order chi connectivity index (χ0) is 9.10. The Morgan fingerprint density at radius 2 is 2.46 bits per heavy atom. The number of aromatic nitrogens is 3. The summed E-state index contributed by atoms with van der Waals surface area (Å²) in [6.07, 6.45) is 7.55. The molecule has 2 aromatic rings. The van der Waals surface area contributed by atoms with Crippen LogP contribution in [0.5, 0.6) is 0 Å². The van der Waals surface area contributed by atoms with E-state index in [4.69, 9.17) is 0 Å². The van der Waals surface area contributed by atoms with Crippen LogP contribution in [-0.4, -0.2) is 20.8 Å². The minimum absolute atomic E-state index is 0.331. The van der Waals surface area contributed by atoms with E-state index in [9.17, 15) is 4.79 Å². The summed E-state index contributed by atoms with van der Waals surface area (Å²) in [7, 11) is 0. The smallest absolute Gasteiger partial charge is 0.149 e. The van der Waals surface area contributed by atoms with Crippen LogP contribution in [0.25, 0.3) is 0 Å². The van der Waals surface area contributed by atoms with Gasteiger partial charge in [0.05, 0.1) is 6.33 Å². The topological polar surface area (TPSA) is 47.8 Å². The third kappa shape index (κ3) is 1.50. The van der Waals surface area contributed by atoms with Crippen LogP contribution in [-0.2, 0) is 4.79 Å². The van der Waals surface area contributed by atoms with Gasteiger partial charge in [-0.05, 0) is 0 Å². The summed E-state index contributed by atoms with van der Waals surface area (Å²) in [5, 5.41) is 2.64. The van der Waals surface area contributed by atoms with Crippen LogP contribution in [0.4, 0.5) is 0 Å². The van der Waals surface area contributed by atoms with Gasteiger partial charge in [0.25, 0.3) is 0 Å². The van der Waals surface area contributed by atoms with E-state index in [1.807, 2.05) is 5.38 Å². The molecule has 0 saturated heterocycles. The number of rotatable bonds is 3. The largest absolute Gasteiger partial charge is 0.321 e. The summed E-state index contributed by atoms with van der Waals surface area (Å²) < 4.78 is 1.73. The molecule has 1 atom stereocenters. The van der Waals surface area contributed by atoms with Gasteiger partial charge in [0.2, 0.25) is 0 Å². The lowest BCUT2D eigenvalue weighted by Gasteiger charge is -2.06. The summed E-state index contributed by atoms with van der Waals surface area (Å²) in [6.45, 7) is 0. The highest BCUT2D eigenvalue weighted by Gasteiger charge is 2.13. The predicted octanol–water partition coefficient (Wildman–Crippen LogP) is 1.13. The van der Waals surface area contributed by atoms with Crippen LogP contribution in [0.1, 0.15) is 11.0 Å². The first-order valence-electron chi connectivity index (χ1n) is 3.74. The van der Waals surface area contributed by atoms with Crippen molar-refractivity contribution in [3.8, 4) is 0 Å². The fraction of sp³-hybridized carbons (Fsp3) is 0.125. The number of aldehydes is 1. The molecule has 2 heterocycles. The molecular formula is C8H7N3OS. The maximum Gasteiger partial charge on any atom is 0.149 e. The second-order valence-electron chi connectivity index (χ2n) is 2.46. The average molecular weight is 193 g/mol. The zero-order valence-corrected chi connectivity index (χ0v) is 7.52. The molecule has 0 bridgehead atoms. The molecule has 5 heteroatoms. The first kappa shape index (κ1) is 8.12. The highest BCUT2D eigenvalue weighted by molar-refractivity contribution is 7.09. The van der Waals surface area contributed by atoms with E-state index in [0.29, 0.717) is 0 Å². The van der Waals surface area contributed by atoms with Gasteiger partial charge < -0.3 is 9.36 Å². The zero-order valence-electron chi connectivity index (χ0n) is 6.70. The molecule has 0 N–H and O–H groups in total. The van der Waals surface area contributed by atoms with Crippen LogP contribution < -0.4 is 0 Å². The number of thiazole rings is 1. The average Bonchev–Trinajstić information content (AvgIpc) is 2.76. The van der Waals surface area contributed by atoms with E-state index in [1.165, 1.54) is 11.3 Å². The van der Waals surface area contributed by atoms with E-state index in [-0.39, 0.29) is 6.04 Å². The van der Waals surface area contributed by atoms with Gasteiger partial charge in [-0.3, -0.25) is 0 Å². The standard InChI is InChI=1S/C8H7N3OS/c12-5-7(8-10-2-4-13-8)11-3-1-9-6-11/h1-7H. The van der Waals surface area contributed by atoms with Crippen molar-refractivity contribution >= 4 is 17.6 Å². The van der Waals surface area contributed by atoms with Crippen molar-refractivity contribution in [3.63, 3.8) is 0 Å². The highest BCUT2D eigenvalue weighted by atomic mass is 32.1. The molecule has 66 valence electrons. The minimum atomic E-state index is -0.331. The molecule has 2 aromatic heterocycles. The van der Waals surface area contributed by atoms with Gasteiger partial charge in [-0.2, -0.15) is 0 Å². The van der Waals surface area contributed by atoms with Gasteiger partial charge in [0.1, 0.15) is 17.3 Å². The van der Waals surface area contributed by atoms with Crippen molar-refractivity contribution in [2.24, 2.45) is 0 Å². The molecule has 0 saturated carbocycles. The van der Waals surface area contributed by atoms with Crippen molar-refractivity contribution in [2.75, 3.05) is 0 Å². The van der Waals surface area contributed by atoms with Crippen molar-refractivity contribution < 1.29 is 4.79 Å². The summed E-state index contributed by atoms with van der Waals surface area (Å²) in [5.41, 5.74) is 0. The molecule has 0 aliphatic rings. The van der Waals surface area contributed by atoms with Gasteiger partial charge in [-0.1, -0.05) is 0 Å². The molecule has 0 amide bonds. The van der Waals surface area contributed by atoms with Gasteiger partial charge in [-0.15, -0.1) is 11.3 Å². The fourth-order valence-corrected chi connectivity index (χ4v) is 1.77. The number of nitrogens with zero attached hydrogens (tertiary/aromatic N) is 3. The van der Waals surface area contributed by atoms with Gasteiger partial charge in [0, 0.05) is 24.0 Å². The van der Waals surface area contributed by atoms with Crippen LogP contribution in [0.3, 0.4) is 0 Å². The SMILES string of the molecule is O=CC(c1nccs1)n1ccnc1. The Balaban J connectivity index is 2.35. The van der Waals surface area contributed by atoms with E-state index in [2.05, 4.69) is 9.97 Å². The van der Waals surface area contributed by atoms with Crippen LogP contribution in [0.2, 0.25) is 0 Å². The first-order chi connectivity index (χ1) is 6.42. The Kier molecular flexibility index (Phi) is 2.18. The third-order valence-corrected chi connectivity index (χ3v) is 2.53. The lowest BCUT2D eigenvalue weighted by atomic mass is 10.3. The molecule has 13 heavy (non-hydrogen) atoms. The number of hydrogen-bond acceptors (Lipinski definition) is 4. The number of carbonyl (C=O) groups excluding carboxylic acids is 1. The predicted molar refractivity (Wildman–Crippen MR) is 48.5 cm³/mol. The maximum atomic E-state index is 10.8. The molecular weight excluding hydrogens is 186 g/mol. The maximum absolute atomic E-state index is 10.8. The molecule has 1 unspecified atom stereocenters. The van der Waals surface area contributed by atoms with E-state index in [1.54, 1.807) is 29.5 Å². The molecule has 0 fully saturated rings. The Morgan fingerprint density at radius 1 is 1.54 bits per heavy atom. The number of hydrogen-bond donors (Lipinski definition) is 0. The Bertz CT molecular complexity index is 334. The molecule has 0 radical (unpaired) electrons. The van der Waals surface area contributed by atoms with Crippen molar-refractivity contribution in [1.82, 2.24) is 14.5 Å². The van der Waals surface area contributed by atoms with Gasteiger partial charge >= 0.3 is 0 Å². The summed E-state index contributed by atoms with van der Waals surface area (Å²) in [6, 6.07) is -0.331. The minimum Gasteiger partial charge on any atom is -0.321 e. The molecule has 4 nitrogen and oxygen atoms in total. The molecule has 0 aromatic carbocycles. The van der Waals surface area contributed by atoms with Crippen molar-refractivity contribution in [2.45, 2.75) is 6.04 Å². The monoisotopic (exact) mass is 193 g/mol. The van der Waals surface area contributed by atoms with Crippen LogP contribution >= 0.6 is 11.3 Å². The fourth-order valence-electron chi connectivity index (χ4n) is 1.07. The van der Waals surface area contributed by atoms with E-state index < -0.39 is 0 Å². The highest BCUT2D eigenvalue weighted by Crippen LogP contribution is 2.17. The van der Waals surface area contributed by atoms with Crippen LogP contribution in [0, 0.1) is 0 Å². The second kappa shape index (κ2) is 3.49. The molecule has 0 spiro atoms. The van der Waals surface area contributed by atoms with E-state index in [0.717, 1.165) is 11.3 Å². The Labute approximate surface area is 78.9 Å². The van der Waals surface area contributed by atoms with Crippen molar-refractivity contribution in [1.29, 1.82) is 0 Å². The lowest BCUT2D eigenvalue weighted by Crippen LogP contribution is -2.09. The molecule has 2 rings (SSSR count). The lowest BCUT2D eigenvalue weighted by molar-refractivity contribution is -0.109. The second-order valence-corrected chi connectivity index (χ2v) is 3.39. The first-order valence-corrected chi connectivity index (χ1v) is 4.62. The summed E-state index contributed by atoms with van der Waals surface area (Å²) in [5.74, 6) is 0. The van der Waals surface area contributed by atoms with Crippen LogP contribution in [0.15, 0.2) is 30.3 Å². The normalized spacial score (nSPS) is 12.6. The Morgan fingerprint density at radius 3 is 3.00 bits per heavy atom.